The Labute approximate surface area is 120 Å². The van der Waals surface area contributed by atoms with Crippen LogP contribution in [0.5, 0.6) is 5.75 Å². The molecule has 0 atom stereocenters. The highest BCUT2D eigenvalue weighted by Gasteiger charge is 2.25. The van der Waals surface area contributed by atoms with Crippen LogP contribution in [0.3, 0.4) is 0 Å². The Bertz CT molecular complexity index is 656. The normalized spacial score (nSPS) is 14.1. The van der Waals surface area contributed by atoms with Crippen molar-refractivity contribution in [1.82, 2.24) is 9.78 Å². The van der Waals surface area contributed by atoms with Crippen LogP contribution in [-0.4, -0.2) is 28.8 Å². The van der Waals surface area contributed by atoms with Gasteiger partial charge in [-0.1, -0.05) is 11.6 Å². The van der Waals surface area contributed by atoms with Crippen molar-refractivity contribution in [2.24, 2.45) is 0 Å². The van der Waals surface area contributed by atoms with Crippen molar-refractivity contribution < 1.29 is 9.53 Å². The van der Waals surface area contributed by atoms with Crippen LogP contribution in [-0.2, 0) is 11.3 Å². The molecule has 2 aromatic rings. The smallest absolute Gasteiger partial charge is 0.265 e. The van der Waals surface area contributed by atoms with Gasteiger partial charge in [0.15, 0.2) is 6.61 Å². The summed E-state index contributed by atoms with van der Waals surface area (Å²) >= 11 is 5.98. The summed E-state index contributed by atoms with van der Waals surface area (Å²) in [5.41, 5.74) is 6.25. The van der Waals surface area contributed by atoms with Gasteiger partial charge in [0.2, 0.25) is 0 Å². The fraction of sp³-hybridized carbons (Fsp3) is 0.231. The molecular formula is C13H13ClN4O2. The minimum atomic E-state index is -0.0973. The van der Waals surface area contributed by atoms with E-state index in [1.54, 1.807) is 40.0 Å². The Morgan fingerprint density at radius 3 is 2.95 bits per heavy atom. The summed E-state index contributed by atoms with van der Waals surface area (Å²) in [5, 5.41) is 4.66. The summed E-state index contributed by atoms with van der Waals surface area (Å²) in [7, 11) is 0. The Kier molecular flexibility index (Phi) is 3.23. The van der Waals surface area contributed by atoms with E-state index in [0.717, 1.165) is 0 Å². The van der Waals surface area contributed by atoms with Crippen molar-refractivity contribution in [3.63, 3.8) is 0 Å². The van der Waals surface area contributed by atoms with Crippen molar-refractivity contribution >= 4 is 29.0 Å². The number of amides is 1. The zero-order valence-corrected chi connectivity index (χ0v) is 11.4. The first-order valence-corrected chi connectivity index (χ1v) is 6.53. The van der Waals surface area contributed by atoms with Crippen molar-refractivity contribution in [3.05, 3.63) is 35.5 Å². The van der Waals surface area contributed by atoms with Crippen LogP contribution in [0, 0.1) is 0 Å². The number of rotatable bonds is 3. The summed E-state index contributed by atoms with van der Waals surface area (Å²) in [6.45, 7) is 1.07. The van der Waals surface area contributed by atoms with Gasteiger partial charge in [-0.3, -0.25) is 9.48 Å². The molecule has 1 aliphatic heterocycles. The third kappa shape index (κ3) is 2.42. The summed E-state index contributed by atoms with van der Waals surface area (Å²) in [6.07, 6.45) is 1.78. The molecule has 0 fully saturated rings. The maximum Gasteiger partial charge on any atom is 0.265 e. The lowest BCUT2D eigenvalue weighted by atomic mass is 10.2. The number of nitrogens with zero attached hydrogens (tertiary/aromatic N) is 3. The van der Waals surface area contributed by atoms with Crippen molar-refractivity contribution in [3.8, 4) is 5.75 Å². The van der Waals surface area contributed by atoms with Gasteiger partial charge >= 0.3 is 0 Å². The number of hydrogen-bond donors (Lipinski definition) is 1. The fourth-order valence-electron chi connectivity index (χ4n) is 2.12. The SMILES string of the molecule is Nc1ccn(CCN2C(=O)COc3ccc(Cl)cc32)n1. The molecule has 1 aliphatic rings. The molecule has 0 saturated carbocycles. The molecule has 0 aliphatic carbocycles. The predicted octanol–water partition coefficient (Wildman–Crippen LogP) is 1.54. The third-order valence-corrected chi connectivity index (χ3v) is 3.31. The van der Waals surface area contributed by atoms with Gasteiger partial charge in [0, 0.05) is 17.8 Å². The highest BCUT2D eigenvalue weighted by Crippen LogP contribution is 2.34. The highest BCUT2D eigenvalue weighted by atomic mass is 35.5. The standard InChI is InChI=1S/C13H13ClN4O2/c14-9-1-2-11-10(7-9)18(13(19)8-20-11)6-5-17-4-3-12(15)16-17/h1-4,7H,5-6,8H2,(H2,15,16). The first kappa shape index (κ1) is 12.8. The van der Waals surface area contributed by atoms with E-state index in [1.165, 1.54) is 0 Å². The molecule has 2 N–H and O–H groups in total. The van der Waals surface area contributed by atoms with Gasteiger partial charge in [-0.25, -0.2) is 0 Å². The van der Waals surface area contributed by atoms with E-state index in [1.807, 2.05) is 0 Å². The number of hydrogen-bond acceptors (Lipinski definition) is 4. The number of nitrogen functional groups attached to an aromatic ring is 1. The van der Waals surface area contributed by atoms with E-state index in [4.69, 9.17) is 22.1 Å². The van der Waals surface area contributed by atoms with Gasteiger partial charge in [0.1, 0.15) is 11.6 Å². The lowest BCUT2D eigenvalue weighted by molar-refractivity contribution is -0.121. The number of aromatic nitrogens is 2. The van der Waals surface area contributed by atoms with Crippen LogP contribution in [0.2, 0.25) is 5.02 Å². The number of carbonyl (C=O) groups is 1. The predicted molar refractivity (Wildman–Crippen MR) is 75.9 cm³/mol. The first-order valence-electron chi connectivity index (χ1n) is 6.15. The van der Waals surface area contributed by atoms with Crippen LogP contribution >= 0.6 is 11.6 Å². The lowest BCUT2D eigenvalue weighted by Crippen LogP contribution is -2.40. The summed E-state index contributed by atoms with van der Waals surface area (Å²) < 4.78 is 7.08. The quantitative estimate of drug-likeness (QED) is 0.931. The number of ether oxygens (including phenoxy) is 1. The fourth-order valence-corrected chi connectivity index (χ4v) is 2.29. The Morgan fingerprint density at radius 2 is 2.20 bits per heavy atom. The second kappa shape index (κ2) is 5.05. The van der Waals surface area contributed by atoms with E-state index < -0.39 is 0 Å². The third-order valence-electron chi connectivity index (χ3n) is 3.08. The minimum absolute atomic E-state index is 0.0376. The number of nitrogens with two attached hydrogens (primary N) is 1. The summed E-state index contributed by atoms with van der Waals surface area (Å²) in [6, 6.07) is 6.95. The highest BCUT2D eigenvalue weighted by molar-refractivity contribution is 6.31. The van der Waals surface area contributed by atoms with Crippen molar-refractivity contribution in [2.45, 2.75) is 6.54 Å². The van der Waals surface area contributed by atoms with Gasteiger partial charge < -0.3 is 15.4 Å². The molecular weight excluding hydrogens is 280 g/mol. The van der Waals surface area contributed by atoms with Crippen molar-refractivity contribution in [1.29, 1.82) is 0 Å². The van der Waals surface area contributed by atoms with E-state index in [0.29, 0.717) is 35.4 Å². The second-order valence-corrected chi connectivity index (χ2v) is 4.89. The van der Waals surface area contributed by atoms with Gasteiger partial charge in [-0.2, -0.15) is 5.10 Å². The number of carbonyl (C=O) groups excluding carboxylic acids is 1. The molecule has 2 heterocycles. The van der Waals surface area contributed by atoms with Gasteiger partial charge in [-0.15, -0.1) is 0 Å². The van der Waals surface area contributed by atoms with Gasteiger partial charge in [0.05, 0.1) is 12.2 Å². The van der Waals surface area contributed by atoms with E-state index in [9.17, 15) is 4.79 Å². The number of halogens is 1. The Morgan fingerprint density at radius 1 is 1.35 bits per heavy atom. The monoisotopic (exact) mass is 292 g/mol. The zero-order valence-electron chi connectivity index (χ0n) is 10.6. The number of fused-ring (bicyclic) bond motifs is 1. The van der Waals surface area contributed by atoms with Gasteiger partial charge in [0.25, 0.3) is 5.91 Å². The molecule has 1 amide bonds. The van der Waals surface area contributed by atoms with Crippen molar-refractivity contribution in [2.75, 3.05) is 23.8 Å². The summed E-state index contributed by atoms with van der Waals surface area (Å²) in [5.74, 6) is 1.02. The molecule has 0 spiro atoms. The molecule has 6 nitrogen and oxygen atoms in total. The average Bonchev–Trinajstić information content (AvgIpc) is 2.83. The molecule has 0 unspecified atom stereocenters. The summed E-state index contributed by atoms with van der Waals surface area (Å²) in [4.78, 5) is 13.7. The molecule has 0 bridgehead atoms. The van der Waals surface area contributed by atoms with Crippen LogP contribution in [0.25, 0.3) is 0 Å². The van der Waals surface area contributed by atoms with E-state index in [2.05, 4.69) is 5.10 Å². The molecule has 3 rings (SSSR count). The zero-order chi connectivity index (χ0) is 14.1. The molecule has 1 aromatic heterocycles. The van der Waals surface area contributed by atoms with Crippen LogP contribution in [0.4, 0.5) is 11.5 Å². The molecule has 1 aromatic carbocycles. The van der Waals surface area contributed by atoms with Crippen LogP contribution < -0.4 is 15.4 Å². The lowest BCUT2D eigenvalue weighted by Gasteiger charge is -2.29. The van der Waals surface area contributed by atoms with Crippen LogP contribution in [0.15, 0.2) is 30.5 Å². The molecule has 7 heteroatoms. The van der Waals surface area contributed by atoms with Gasteiger partial charge in [-0.05, 0) is 24.3 Å². The van der Waals surface area contributed by atoms with E-state index >= 15 is 0 Å². The molecule has 0 saturated heterocycles. The maximum absolute atomic E-state index is 12.0. The molecule has 0 radical (unpaired) electrons. The van der Waals surface area contributed by atoms with Crippen LogP contribution in [0.1, 0.15) is 0 Å². The average molecular weight is 293 g/mol. The maximum atomic E-state index is 12.0. The largest absolute Gasteiger partial charge is 0.482 e. The number of anilines is 2. The second-order valence-electron chi connectivity index (χ2n) is 4.45. The van der Waals surface area contributed by atoms with E-state index in [-0.39, 0.29) is 12.5 Å². The Balaban J connectivity index is 1.82. The molecule has 104 valence electrons. The topological polar surface area (TPSA) is 73.4 Å². The first-order chi connectivity index (χ1) is 9.63. The molecule has 20 heavy (non-hydrogen) atoms. The number of benzene rings is 1. The minimum Gasteiger partial charge on any atom is -0.482 e. The Hall–Kier alpha value is -2.21.